The van der Waals surface area contributed by atoms with E-state index in [9.17, 15) is 0 Å². The monoisotopic (exact) mass is 307 g/mol. The summed E-state index contributed by atoms with van der Waals surface area (Å²) >= 11 is 6.28. The molecule has 1 saturated heterocycles. The first kappa shape index (κ1) is 15.1. The number of anilines is 1. The van der Waals surface area contributed by atoms with E-state index in [-0.39, 0.29) is 0 Å². The van der Waals surface area contributed by atoms with Gasteiger partial charge in [-0.05, 0) is 56.9 Å². The van der Waals surface area contributed by atoms with Gasteiger partial charge in [0, 0.05) is 26.2 Å². The molecule has 21 heavy (non-hydrogen) atoms. The highest BCUT2D eigenvalue weighted by atomic mass is 35.5. The van der Waals surface area contributed by atoms with Gasteiger partial charge in [0.15, 0.2) is 0 Å². The van der Waals surface area contributed by atoms with Gasteiger partial charge in [-0.2, -0.15) is 0 Å². The maximum Gasteiger partial charge on any atom is 0.0639 e. The fourth-order valence-corrected chi connectivity index (χ4v) is 3.23. The Bertz CT molecular complexity index is 439. The van der Waals surface area contributed by atoms with Crippen molar-refractivity contribution in [3.8, 4) is 0 Å². The minimum Gasteiger partial charge on any atom is -0.368 e. The number of hydrogen-bond acceptors (Lipinski definition) is 3. The lowest BCUT2D eigenvalue weighted by atomic mass is 10.2. The maximum absolute atomic E-state index is 6.28. The number of rotatable bonds is 7. The summed E-state index contributed by atoms with van der Waals surface area (Å²) in [6.45, 7) is 8.08. The van der Waals surface area contributed by atoms with Crippen molar-refractivity contribution in [1.29, 1.82) is 0 Å². The average molecular weight is 308 g/mol. The smallest absolute Gasteiger partial charge is 0.0639 e. The lowest BCUT2D eigenvalue weighted by Gasteiger charge is -2.36. The Labute approximate surface area is 133 Å². The molecule has 1 aromatic rings. The van der Waals surface area contributed by atoms with Gasteiger partial charge in [0.2, 0.25) is 0 Å². The van der Waals surface area contributed by atoms with Crippen LogP contribution in [0, 0.1) is 5.92 Å². The van der Waals surface area contributed by atoms with E-state index >= 15 is 0 Å². The van der Waals surface area contributed by atoms with E-state index < -0.39 is 0 Å². The van der Waals surface area contributed by atoms with Crippen LogP contribution in [0.15, 0.2) is 24.3 Å². The number of halogens is 1. The van der Waals surface area contributed by atoms with Crippen molar-refractivity contribution in [3.05, 3.63) is 29.3 Å². The zero-order valence-corrected chi connectivity index (χ0v) is 13.5. The molecule has 0 atom stereocenters. The van der Waals surface area contributed by atoms with Gasteiger partial charge in [-0.15, -0.1) is 0 Å². The summed E-state index contributed by atoms with van der Waals surface area (Å²) in [7, 11) is 0. The van der Waals surface area contributed by atoms with Gasteiger partial charge in [-0.1, -0.05) is 23.7 Å². The molecule has 0 aromatic heterocycles. The second-order valence-corrected chi connectivity index (χ2v) is 6.69. The molecule has 1 aliphatic carbocycles. The molecule has 3 rings (SSSR count). The van der Waals surface area contributed by atoms with E-state index in [1.165, 1.54) is 44.6 Å². The molecule has 1 heterocycles. The van der Waals surface area contributed by atoms with Gasteiger partial charge < -0.3 is 10.2 Å². The molecule has 0 unspecified atom stereocenters. The molecular formula is C17H26ClN3. The van der Waals surface area contributed by atoms with Crippen LogP contribution in [0.4, 0.5) is 5.69 Å². The molecule has 0 spiro atoms. The Hall–Kier alpha value is -0.770. The fraction of sp³-hybridized carbons (Fsp3) is 0.647. The third-order valence-electron chi connectivity index (χ3n) is 4.52. The van der Waals surface area contributed by atoms with Crippen molar-refractivity contribution in [2.24, 2.45) is 5.92 Å². The second kappa shape index (κ2) is 7.48. The van der Waals surface area contributed by atoms with Gasteiger partial charge in [0.25, 0.3) is 0 Å². The van der Waals surface area contributed by atoms with Crippen molar-refractivity contribution in [2.75, 3.05) is 50.7 Å². The van der Waals surface area contributed by atoms with E-state index in [0.29, 0.717) is 0 Å². The summed E-state index contributed by atoms with van der Waals surface area (Å²) in [4.78, 5) is 4.98. The Morgan fingerprint density at radius 1 is 1.10 bits per heavy atom. The number of nitrogens with one attached hydrogen (secondary N) is 1. The van der Waals surface area contributed by atoms with Crippen LogP contribution in [0.25, 0.3) is 0 Å². The lowest BCUT2D eigenvalue weighted by Crippen LogP contribution is -2.47. The van der Waals surface area contributed by atoms with Gasteiger partial charge >= 0.3 is 0 Å². The molecule has 116 valence electrons. The lowest BCUT2D eigenvalue weighted by molar-refractivity contribution is 0.254. The summed E-state index contributed by atoms with van der Waals surface area (Å²) in [5.41, 5.74) is 1.19. The molecule has 3 nitrogen and oxygen atoms in total. The minimum atomic E-state index is 0.871. The Morgan fingerprint density at radius 3 is 2.57 bits per heavy atom. The molecule has 2 aliphatic rings. The number of nitrogens with zero attached hydrogens (tertiary/aromatic N) is 2. The molecule has 0 bridgehead atoms. The van der Waals surface area contributed by atoms with E-state index in [1.807, 2.05) is 12.1 Å². The van der Waals surface area contributed by atoms with Crippen molar-refractivity contribution in [1.82, 2.24) is 10.2 Å². The number of hydrogen-bond donors (Lipinski definition) is 1. The molecule has 1 N–H and O–H groups in total. The van der Waals surface area contributed by atoms with Crippen LogP contribution in [-0.4, -0.2) is 50.7 Å². The highest BCUT2D eigenvalue weighted by molar-refractivity contribution is 6.33. The van der Waals surface area contributed by atoms with Crippen LogP contribution in [0.1, 0.15) is 19.3 Å². The largest absolute Gasteiger partial charge is 0.368 e. The van der Waals surface area contributed by atoms with Crippen LogP contribution in [-0.2, 0) is 0 Å². The minimum absolute atomic E-state index is 0.871. The molecule has 2 fully saturated rings. The van der Waals surface area contributed by atoms with Crippen LogP contribution in [0.5, 0.6) is 0 Å². The van der Waals surface area contributed by atoms with Gasteiger partial charge in [0.1, 0.15) is 0 Å². The maximum atomic E-state index is 6.28. The van der Waals surface area contributed by atoms with Gasteiger partial charge in [-0.25, -0.2) is 0 Å². The highest BCUT2D eigenvalue weighted by Gasteiger charge is 2.20. The Morgan fingerprint density at radius 2 is 1.86 bits per heavy atom. The summed E-state index contributed by atoms with van der Waals surface area (Å²) in [5.74, 6) is 0.990. The van der Waals surface area contributed by atoms with E-state index in [4.69, 9.17) is 11.6 Å². The molecule has 4 heteroatoms. The molecular weight excluding hydrogens is 282 g/mol. The highest BCUT2D eigenvalue weighted by Crippen LogP contribution is 2.27. The Balaban J connectivity index is 1.34. The zero-order valence-electron chi connectivity index (χ0n) is 12.7. The third-order valence-corrected chi connectivity index (χ3v) is 4.84. The average Bonchev–Trinajstić information content (AvgIpc) is 3.33. The van der Waals surface area contributed by atoms with Crippen LogP contribution < -0.4 is 10.2 Å². The molecule has 0 amide bonds. The van der Waals surface area contributed by atoms with Crippen molar-refractivity contribution >= 4 is 17.3 Å². The number of piperazine rings is 1. The molecule has 1 aromatic carbocycles. The van der Waals surface area contributed by atoms with Crippen molar-refractivity contribution < 1.29 is 0 Å². The SMILES string of the molecule is Clc1ccccc1N1CCN(CCCNCC2CC2)CC1. The first-order valence-corrected chi connectivity index (χ1v) is 8.63. The van der Waals surface area contributed by atoms with Crippen LogP contribution >= 0.6 is 11.6 Å². The van der Waals surface area contributed by atoms with Crippen molar-refractivity contribution in [3.63, 3.8) is 0 Å². The molecule has 1 aliphatic heterocycles. The van der Waals surface area contributed by atoms with E-state index in [2.05, 4.69) is 27.2 Å². The van der Waals surface area contributed by atoms with Gasteiger partial charge in [0.05, 0.1) is 10.7 Å². The number of benzene rings is 1. The predicted molar refractivity (Wildman–Crippen MR) is 90.3 cm³/mol. The van der Waals surface area contributed by atoms with Crippen LogP contribution in [0.2, 0.25) is 5.02 Å². The first-order chi connectivity index (χ1) is 10.3. The summed E-state index contributed by atoms with van der Waals surface area (Å²) < 4.78 is 0. The standard InChI is InChI=1S/C17H26ClN3/c18-16-4-1-2-5-17(16)21-12-10-20(11-13-21)9-3-8-19-14-15-6-7-15/h1-2,4-5,15,19H,3,6-14H2. The summed E-state index contributed by atoms with van der Waals surface area (Å²) in [5, 5.41) is 4.45. The topological polar surface area (TPSA) is 18.5 Å². The van der Waals surface area contributed by atoms with Crippen LogP contribution in [0.3, 0.4) is 0 Å². The first-order valence-electron chi connectivity index (χ1n) is 8.25. The molecule has 0 radical (unpaired) electrons. The van der Waals surface area contributed by atoms with E-state index in [1.54, 1.807) is 0 Å². The quantitative estimate of drug-likeness (QED) is 0.782. The predicted octanol–water partition coefficient (Wildman–Crippen LogP) is 2.85. The summed E-state index contributed by atoms with van der Waals surface area (Å²) in [6, 6.07) is 8.17. The normalized spacial score (nSPS) is 20.0. The van der Waals surface area contributed by atoms with E-state index in [0.717, 1.165) is 37.1 Å². The fourth-order valence-electron chi connectivity index (χ4n) is 2.98. The third kappa shape index (κ3) is 4.60. The van der Waals surface area contributed by atoms with Gasteiger partial charge in [-0.3, -0.25) is 4.90 Å². The number of para-hydroxylation sites is 1. The Kier molecular flexibility index (Phi) is 5.39. The molecule has 1 saturated carbocycles. The summed E-state index contributed by atoms with van der Waals surface area (Å²) in [6.07, 6.45) is 4.15. The zero-order chi connectivity index (χ0) is 14.5. The second-order valence-electron chi connectivity index (χ2n) is 6.28. The van der Waals surface area contributed by atoms with Crippen molar-refractivity contribution in [2.45, 2.75) is 19.3 Å².